The molecule has 0 saturated carbocycles. The van der Waals surface area contributed by atoms with Crippen LogP contribution >= 0.6 is 11.6 Å². The summed E-state index contributed by atoms with van der Waals surface area (Å²) in [7, 11) is 0. The van der Waals surface area contributed by atoms with Crippen LogP contribution in [-0.2, 0) is 6.54 Å². The Bertz CT molecular complexity index is 949. The molecule has 3 aromatic rings. The van der Waals surface area contributed by atoms with E-state index in [1.165, 1.54) is 27.8 Å². The summed E-state index contributed by atoms with van der Waals surface area (Å²) >= 11 is 6.12. The molecule has 3 aromatic carbocycles. The first-order valence-corrected chi connectivity index (χ1v) is 10.9. The Balaban J connectivity index is 1.67. The highest BCUT2D eigenvalue weighted by atomic mass is 35.5. The maximum atomic E-state index is 6.12. The lowest BCUT2D eigenvalue weighted by molar-refractivity contribution is 0.154. The maximum Gasteiger partial charge on any atom is 0.0476 e. The molecule has 150 valence electrons. The molecular formula is C26H29ClN2. The van der Waals surface area contributed by atoms with E-state index in [-0.39, 0.29) is 0 Å². The Kier molecular flexibility index (Phi) is 6.34. The van der Waals surface area contributed by atoms with Crippen LogP contribution in [0.25, 0.3) is 11.1 Å². The van der Waals surface area contributed by atoms with Crippen LogP contribution in [0.3, 0.4) is 0 Å². The van der Waals surface area contributed by atoms with E-state index in [4.69, 9.17) is 11.6 Å². The lowest BCUT2D eigenvalue weighted by atomic mass is 9.90. The lowest BCUT2D eigenvalue weighted by Crippen LogP contribution is -2.45. The third kappa shape index (κ3) is 4.56. The van der Waals surface area contributed by atoms with E-state index in [0.29, 0.717) is 12.0 Å². The third-order valence-corrected chi connectivity index (χ3v) is 6.12. The topological polar surface area (TPSA) is 15.3 Å². The molecule has 1 fully saturated rings. The number of benzene rings is 3. The Morgan fingerprint density at radius 3 is 2.38 bits per heavy atom. The number of piperazine rings is 1. The summed E-state index contributed by atoms with van der Waals surface area (Å²) in [6, 6.07) is 26.4. The summed E-state index contributed by atoms with van der Waals surface area (Å²) < 4.78 is 0. The zero-order chi connectivity index (χ0) is 20.2. The zero-order valence-corrected chi connectivity index (χ0v) is 18.0. The van der Waals surface area contributed by atoms with E-state index in [9.17, 15) is 0 Å². The standard InChI is InChI=1S/C26H29ClN2/c1-19(2)23-8-5-6-10-25(23)24-9-4-3-7-21(24)18-29-16-15-28-17-26(29)20-11-13-22(27)14-12-20/h3-14,19,26,28H,15-18H2,1-2H3. The van der Waals surface area contributed by atoms with Crippen molar-refractivity contribution in [2.75, 3.05) is 19.6 Å². The lowest BCUT2D eigenvalue weighted by Gasteiger charge is -2.37. The van der Waals surface area contributed by atoms with E-state index in [2.05, 4.69) is 84.7 Å². The second-order valence-electron chi connectivity index (χ2n) is 8.14. The molecular weight excluding hydrogens is 376 g/mol. The number of hydrogen-bond donors (Lipinski definition) is 1. The minimum absolute atomic E-state index is 0.356. The van der Waals surface area contributed by atoms with E-state index >= 15 is 0 Å². The minimum Gasteiger partial charge on any atom is -0.314 e. The van der Waals surface area contributed by atoms with Gasteiger partial charge in [0.15, 0.2) is 0 Å². The number of rotatable bonds is 5. The molecule has 0 radical (unpaired) electrons. The predicted octanol–water partition coefficient (Wildman–Crippen LogP) is 6.28. The molecule has 1 atom stereocenters. The molecule has 0 spiro atoms. The SMILES string of the molecule is CC(C)c1ccccc1-c1ccccc1CN1CCNCC1c1ccc(Cl)cc1. The van der Waals surface area contributed by atoms with Crippen LogP contribution in [0.1, 0.15) is 42.5 Å². The second kappa shape index (κ2) is 9.13. The fourth-order valence-electron chi connectivity index (χ4n) is 4.33. The highest BCUT2D eigenvalue weighted by Gasteiger charge is 2.25. The average molecular weight is 405 g/mol. The van der Waals surface area contributed by atoms with Gasteiger partial charge in [-0.3, -0.25) is 4.90 Å². The normalized spacial score (nSPS) is 17.6. The van der Waals surface area contributed by atoms with Crippen molar-refractivity contribution in [1.82, 2.24) is 10.2 Å². The third-order valence-electron chi connectivity index (χ3n) is 5.87. The first-order valence-electron chi connectivity index (χ1n) is 10.5. The van der Waals surface area contributed by atoms with E-state index in [1.807, 2.05) is 12.1 Å². The van der Waals surface area contributed by atoms with Crippen molar-refractivity contribution in [2.45, 2.75) is 32.4 Å². The summed E-state index contributed by atoms with van der Waals surface area (Å²) in [6.45, 7) is 8.51. The van der Waals surface area contributed by atoms with Gasteiger partial charge in [-0.15, -0.1) is 0 Å². The van der Waals surface area contributed by atoms with Crippen molar-refractivity contribution in [3.63, 3.8) is 0 Å². The van der Waals surface area contributed by atoms with Crippen LogP contribution in [-0.4, -0.2) is 24.5 Å². The Morgan fingerprint density at radius 2 is 1.62 bits per heavy atom. The van der Waals surface area contributed by atoms with Gasteiger partial charge < -0.3 is 5.32 Å². The molecule has 1 aliphatic rings. The molecule has 1 aliphatic heterocycles. The van der Waals surface area contributed by atoms with E-state index in [0.717, 1.165) is 31.2 Å². The largest absolute Gasteiger partial charge is 0.314 e. The fourth-order valence-corrected chi connectivity index (χ4v) is 4.46. The molecule has 1 unspecified atom stereocenters. The Hall–Kier alpha value is -2.13. The van der Waals surface area contributed by atoms with Crippen LogP contribution in [0.15, 0.2) is 72.8 Å². The first-order chi connectivity index (χ1) is 14.1. The summed E-state index contributed by atoms with van der Waals surface area (Å²) in [4.78, 5) is 2.59. The Labute approximate surface area is 179 Å². The smallest absolute Gasteiger partial charge is 0.0476 e. The second-order valence-corrected chi connectivity index (χ2v) is 8.58. The van der Waals surface area contributed by atoms with Crippen molar-refractivity contribution in [2.24, 2.45) is 0 Å². The van der Waals surface area contributed by atoms with Gasteiger partial charge in [0.25, 0.3) is 0 Å². The fraction of sp³-hybridized carbons (Fsp3) is 0.308. The van der Waals surface area contributed by atoms with Crippen LogP contribution in [0, 0.1) is 0 Å². The first kappa shape index (κ1) is 20.2. The molecule has 0 amide bonds. The van der Waals surface area contributed by atoms with Crippen molar-refractivity contribution < 1.29 is 0 Å². The number of hydrogen-bond acceptors (Lipinski definition) is 2. The molecule has 0 aliphatic carbocycles. The van der Waals surface area contributed by atoms with Gasteiger partial charge in [-0.2, -0.15) is 0 Å². The van der Waals surface area contributed by atoms with Crippen molar-refractivity contribution in [1.29, 1.82) is 0 Å². The molecule has 0 aromatic heterocycles. The number of nitrogens with zero attached hydrogens (tertiary/aromatic N) is 1. The van der Waals surface area contributed by atoms with Gasteiger partial charge in [-0.05, 0) is 45.9 Å². The summed E-state index contributed by atoms with van der Waals surface area (Å²) in [5, 5.41) is 4.35. The van der Waals surface area contributed by atoms with Crippen molar-refractivity contribution >= 4 is 11.6 Å². The molecule has 1 N–H and O–H groups in total. The van der Waals surface area contributed by atoms with Gasteiger partial charge >= 0.3 is 0 Å². The van der Waals surface area contributed by atoms with Crippen LogP contribution in [0.5, 0.6) is 0 Å². The molecule has 4 rings (SSSR count). The van der Waals surface area contributed by atoms with Gasteiger partial charge in [-0.25, -0.2) is 0 Å². The van der Waals surface area contributed by atoms with Crippen LogP contribution < -0.4 is 5.32 Å². The van der Waals surface area contributed by atoms with Crippen LogP contribution in [0.4, 0.5) is 0 Å². The number of nitrogens with one attached hydrogen (secondary N) is 1. The summed E-state index contributed by atoms with van der Waals surface area (Å²) in [5.74, 6) is 0.500. The zero-order valence-electron chi connectivity index (χ0n) is 17.2. The molecule has 29 heavy (non-hydrogen) atoms. The molecule has 1 saturated heterocycles. The van der Waals surface area contributed by atoms with E-state index < -0.39 is 0 Å². The maximum absolute atomic E-state index is 6.12. The highest BCUT2D eigenvalue weighted by Crippen LogP contribution is 2.33. The molecule has 0 bridgehead atoms. The summed E-state index contributed by atoms with van der Waals surface area (Å²) in [5.41, 5.74) is 6.83. The average Bonchev–Trinajstić information content (AvgIpc) is 2.75. The summed E-state index contributed by atoms with van der Waals surface area (Å²) in [6.07, 6.45) is 0. The van der Waals surface area contributed by atoms with Gasteiger partial charge in [-0.1, -0.05) is 86.1 Å². The molecule has 3 heteroatoms. The van der Waals surface area contributed by atoms with Crippen LogP contribution in [0.2, 0.25) is 5.02 Å². The van der Waals surface area contributed by atoms with Gasteiger partial charge in [0.05, 0.1) is 0 Å². The van der Waals surface area contributed by atoms with Gasteiger partial charge in [0.1, 0.15) is 0 Å². The monoisotopic (exact) mass is 404 g/mol. The minimum atomic E-state index is 0.356. The molecule has 1 heterocycles. The van der Waals surface area contributed by atoms with Crippen molar-refractivity contribution in [3.05, 3.63) is 94.5 Å². The number of halogens is 1. The van der Waals surface area contributed by atoms with Crippen molar-refractivity contribution in [3.8, 4) is 11.1 Å². The Morgan fingerprint density at radius 1 is 0.931 bits per heavy atom. The quantitative estimate of drug-likeness (QED) is 0.538. The van der Waals surface area contributed by atoms with Gasteiger partial charge in [0.2, 0.25) is 0 Å². The predicted molar refractivity (Wildman–Crippen MR) is 123 cm³/mol. The van der Waals surface area contributed by atoms with E-state index in [1.54, 1.807) is 0 Å². The highest BCUT2D eigenvalue weighted by molar-refractivity contribution is 6.30. The van der Waals surface area contributed by atoms with Gasteiger partial charge in [0, 0.05) is 37.2 Å². The molecule has 2 nitrogen and oxygen atoms in total.